The molecule has 4 aliphatic heterocycles. The van der Waals surface area contributed by atoms with Gasteiger partial charge in [0.05, 0.1) is 52.6 Å². The van der Waals surface area contributed by atoms with Crippen LogP contribution in [0.1, 0.15) is 125 Å². The zero-order valence-electron chi connectivity index (χ0n) is 76.1. The molecule has 0 atom stereocenters. The van der Waals surface area contributed by atoms with Crippen LogP contribution in [0.5, 0.6) is 0 Å². The third kappa shape index (κ3) is 22.2. The summed E-state index contributed by atoms with van der Waals surface area (Å²) in [6.45, 7) is 9.47. The smallest absolute Gasteiger partial charge is 0.269 e. The van der Waals surface area contributed by atoms with E-state index in [1.807, 2.05) is 137 Å². The number of aromatic nitrogens is 12. The molecule has 8 amide bonds. The zero-order valence-corrected chi connectivity index (χ0v) is 77.6. The fourth-order valence-electron chi connectivity index (χ4n) is 17.5. The molecule has 12 aromatic heterocycles. The molecule has 712 valence electrons. The highest BCUT2D eigenvalue weighted by molar-refractivity contribution is 6.31. The van der Waals surface area contributed by atoms with E-state index in [-0.39, 0.29) is 69.4 Å². The Morgan fingerprint density at radius 2 is 0.636 bits per heavy atom. The number of benzene rings is 4. The van der Waals surface area contributed by atoms with Crippen LogP contribution in [-0.4, -0.2) is 203 Å². The number of aryl methyl sites for hydroxylation is 1. The van der Waals surface area contributed by atoms with E-state index >= 15 is 0 Å². The van der Waals surface area contributed by atoms with Crippen LogP contribution in [0.15, 0.2) is 244 Å². The molecule has 0 aliphatic carbocycles. The van der Waals surface area contributed by atoms with Crippen LogP contribution in [0.4, 0.5) is 22.0 Å². The van der Waals surface area contributed by atoms with Gasteiger partial charge in [0.1, 0.15) is 62.8 Å². The molecule has 4 saturated heterocycles. The minimum Gasteiger partial charge on any atom is -0.351 e. The number of hydrogen-bond acceptors (Lipinski definition) is 16. The molecule has 35 heteroatoms. The second-order valence-electron chi connectivity index (χ2n) is 34.0. The molecule has 0 unspecified atom stereocenters. The number of fused-ring (bicyclic) bond motifs is 4. The Kier molecular flexibility index (Phi) is 30.2. The van der Waals surface area contributed by atoms with Gasteiger partial charge in [0.15, 0.2) is 11.6 Å². The van der Waals surface area contributed by atoms with Gasteiger partial charge in [-0.05, 0) is 180 Å². The molecule has 0 saturated carbocycles. The summed E-state index contributed by atoms with van der Waals surface area (Å²) in [7, 11) is 0. The summed E-state index contributed by atoms with van der Waals surface area (Å²) in [6, 6.07) is 47.7. The maximum atomic E-state index is 14.7. The number of pyridine rings is 8. The maximum absolute atomic E-state index is 14.7. The van der Waals surface area contributed by atoms with Crippen LogP contribution in [0.3, 0.4) is 0 Å². The van der Waals surface area contributed by atoms with Gasteiger partial charge in [0, 0.05) is 232 Å². The molecule has 0 radical (unpaired) electrons. The summed E-state index contributed by atoms with van der Waals surface area (Å²) < 4.78 is 77.1. The number of nitrogens with one attached hydrogen (secondary N) is 4. The van der Waals surface area contributed by atoms with E-state index in [2.05, 4.69) is 61.1 Å². The summed E-state index contributed by atoms with van der Waals surface area (Å²) in [5.74, 6) is -4.51. The Balaban J connectivity index is 0.000000129. The van der Waals surface area contributed by atoms with Crippen molar-refractivity contribution in [3.05, 3.63) is 312 Å². The molecule has 0 spiro atoms. The number of amides is 8. The predicted octanol–water partition coefficient (Wildman–Crippen LogP) is 17.5. The van der Waals surface area contributed by atoms with Crippen LogP contribution in [0.2, 0.25) is 10.0 Å². The first-order chi connectivity index (χ1) is 68.0. The summed E-state index contributed by atoms with van der Waals surface area (Å²) in [5.41, 5.74) is 15.1. The average Bonchev–Trinajstić information content (AvgIpc) is 1.18. The SMILES string of the molecule is Cc1ccc(F)c(-c2ncccc2-c2ccc3ncc(C(=O)NCCCN4CCCC4=O)n3c2)c1.O=C(NCCCN1CCCC1=O)c1cnc2ccc(-c3cccnc3-c3cc(F)c(F)cc3F)cn12.O=C(NCCCN1CCCC1=O)c1cnc2ccc(-c3cccnc3-c3ccc(F)c(Cl)c3)cn12.O=C(NCCCN1CCCC1=O)c1cnc2ccc(-c3cccnc3-c3cccc(Cl)c3)cn12. The van der Waals surface area contributed by atoms with Gasteiger partial charge in [-0.1, -0.05) is 71.2 Å². The topological polar surface area (TPSA) is 318 Å². The van der Waals surface area contributed by atoms with Crippen molar-refractivity contribution in [1.29, 1.82) is 0 Å². The predicted molar refractivity (Wildman–Crippen MR) is 521 cm³/mol. The van der Waals surface area contributed by atoms with Crippen molar-refractivity contribution < 1.29 is 60.3 Å². The van der Waals surface area contributed by atoms with Gasteiger partial charge in [0.2, 0.25) is 23.6 Å². The first kappa shape index (κ1) is 95.9. The number of carbonyl (C=O) groups is 8. The highest BCUT2D eigenvalue weighted by Gasteiger charge is 2.28. The van der Waals surface area contributed by atoms with Crippen molar-refractivity contribution in [1.82, 2.24) is 98.3 Å². The van der Waals surface area contributed by atoms with Gasteiger partial charge in [-0.25, -0.2) is 41.9 Å². The van der Waals surface area contributed by atoms with Crippen molar-refractivity contribution in [2.75, 3.05) is 78.5 Å². The Labute approximate surface area is 810 Å². The average molecular weight is 1930 g/mol. The monoisotopic (exact) mass is 1930 g/mol. The largest absolute Gasteiger partial charge is 0.351 e. The molecule has 16 aromatic rings. The Morgan fingerprint density at radius 3 is 0.979 bits per heavy atom. The maximum Gasteiger partial charge on any atom is 0.269 e. The van der Waals surface area contributed by atoms with Crippen molar-refractivity contribution in [3.63, 3.8) is 0 Å². The van der Waals surface area contributed by atoms with Crippen LogP contribution in [-0.2, 0) is 19.2 Å². The fourth-order valence-corrected chi connectivity index (χ4v) is 17.9. The highest BCUT2D eigenvalue weighted by atomic mass is 35.5. The van der Waals surface area contributed by atoms with E-state index in [1.54, 1.807) is 114 Å². The molecule has 16 heterocycles. The Bertz CT molecular complexity index is 7390. The number of imidazole rings is 4. The second kappa shape index (κ2) is 44.1. The minimum atomic E-state index is -1.28. The molecule has 4 fully saturated rings. The van der Waals surface area contributed by atoms with E-state index in [9.17, 15) is 60.3 Å². The van der Waals surface area contributed by atoms with E-state index in [0.29, 0.717) is 187 Å². The molecular formula is C105H95Cl2F5N20O8. The molecular weight excluding hydrogens is 1840 g/mol. The van der Waals surface area contributed by atoms with Crippen molar-refractivity contribution in [2.24, 2.45) is 0 Å². The molecule has 4 aliphatic rings. The number of rotatable bonds is 28. The highest BCUT2D eigenvalue weighted by Crippen LogP contribution is 2.39. The first-order valence-electron chi connectivity index (χ1n) is 46.1. The van der Waals surface area contributed by atoms with Gasteiger partial charge in [-0.2, -0.15) is 0 Å². The molecule has 20 rings (SSSR count). The molecule has 4 N–H and O–H groups in total. The number of halogens is 7. The van der Waals surface area contributed by atoms with E-state index in [0.717, 1.165) is 115 Å². The lowest BCUT2D eigenvalue weighted by atomic mass is 9.99. The second-order valence-corrected chi connectivity index (χ2v) is 34.8. The van der Waals surface area contributed by atoms with Crippen molar-refractivity contribution in [2.45, 2.75) is 84.0 Å². The third-order valence-corrected chi connectivity index (χ3v) is 25.1. The van der Waals surface area contributed by atoms with Crippen LogP contribution in [0.25, 0.3) is 112 Å². The molecule has 0 bridgehead atoms. The lowest BCUT2D eigenvalue weighted by Gasteiger charge is -2.15. The summed E-state index contributed by atoms with van der Waals surface area (Å²) in [5, 5.41) is 12.3. The standard InChI is InChI=1S/C27H26FN5O2.C26H23ClFN5O2.C26H24ClN5O2.C26H22F3N5O2/c1-18-7-9-22(28)21(15-18)26-20(5-2-11-29-26)19-8-10-24-31-16-23(33(24)17-19)27(35)30-12-4-14-32-13-3-6-25(32)34;27-20-14-17(6-8-21(20)28)25-19(4-1-10-29-25)18-7-9-23-31-15-22(33(23)16-18)26(35)30-11-3-13-32-12-2-5-24(32)34;27-20-6-1-5-18(15-20)25-21(7-2-11-28-25)19-9-10-23-30-16-22(32(23)17-19)26(34)29-12-4-14-31-13-3-8-24(31)33;27-19-13-21(29)20(28)12-18(19)25-17(4-1-8-30-25)16-6-7-23-32-14-22(34(23)15-16)26(36)31-9-3-11-33-10-2-5-24(33)35/h2,5,7-11,15-17H,3-4,6,12-14H2,1H3,(H,30,35);1,4,6-10,14-16H,2-3,5,11-13H2,(H,30,35);1-2,5-7,9-11,15-17H,3-4,8,12-14H2,(H,29,34);1,4,6-8,12-15H,2-3,5,9-11H2,(H,31,36). The van der Waals surface area contributed by atoms with E-state index in [4.69, 9.17) is 23.2 Å². The van der Waals surface area contributed by atoms with Gasteiger partial charge in [-0.15, -0.1) is 0 Å². The Hall–Kier alpha value is -15.8. The Morgan fingerprint density at radius 1 is 0.314 bits per heavy atom. The lowest BCUT2D eigenvalue weighted by molar-refractivity contribution is -0.128. The lowest BCUT2D eigenvalue weighted by Crippen LogP contribution is -2.31. The van der Waals surface area contributed by atoms with Crippen molar-refractivity contribution in [3.8, 4) is 89.5 Å². The van der Waals surface area contributed by atoms with Crippen LogP contribution < -0.4 is 21.3 Å². The summed E-state index contributed by atoms with van der Waals surface area (Å²) in [6.07, 6.45) is 28.7. The number of nitrogens with zero attached hydrogens (tertiary/aromatic N) is 16. The summed E-state index contributed by atoms with van der Waals surface area (Å²) in [4.78, 5) is 141. The van der Waals surface area contributed by atoms with Gasteiger partial charge < -0.3 is 40.9 Å². The van der Waals surface area contributed by atoms with Gasteiger partial charge in [-0.3, -0.25) is 75.9 Å². The normalized spacial score (nSPS) is 13.5. The number of likely N-dealkylation sites (tertiary alicyclic amines) is 4. The molecule has 28 nitrogen and oxygen atoms in total. The van der Waals surface area contributed by atoms with Gasteiger partial charge >= 0.3 is 0 Å². The third-order valence-electron chi connectivity index (χ3n) is 24.6. The van der Waals surface area contributed by atoms with Crippen molar-refractivity contribution >= 4 is 93.0 Å². The summed E-state index contributed by atoms with van der Waals surface area (Å²) >= 11 is 12.2. The minimum absolute atomic E-state index is 0.0252. The molecule has 4 aromatic carbocycles. The van der Waals surface area contributed by atoms with Crippen LogP contribution >= 0.6 is 23.2 Å². The fraction of sp³-hybridized carbons (Fsp3) is 0.238. The first-order valence-corrected chi connectivity index (χ1v) is 46.9. The quantitative estimate of drug-likeness (QED) is 0.0201. The van der Waals surface area contributed by atoms with Crippen LogP contribution in [0, 0.1) is 36.0 Å². The zero-order chi connectivity index (χ0) is 97.5. The van der Waals surface area contributed by atoms with Gasteiger partial charge in [0.25, 0.3) is 23.6 Å². The number of hydrogen-bond donors (Lipinski definition) is 4. The number of carbonyl (C=O) groups excluding carboxylic acids is 8. The molecule has 140 heavy (non-hydrogen) atoms. The van der Waals surface area contributed by atoms with E-state index < -0.39 is 23.3 Å². The van der Waals surface area contributed by atoms with E-state index in [1.165, 1.54) is 24.5 Å².